The molecule has 1 nitrogen and oxygen atoms in total. The summed E-state index contributed by atoms with van der Waals surface area (Å²) in [4.78, 5) is 0. The SMILES string of the molecule is OC(c1ccc(F)c(Cl)c1)C1CCCCCC1. The summed E-state index contributed by atoms with van der Waals surface area (Å²) < 4.78 is 13.1. The van der Waals surface area contributed by atoms with E-state index in [1.165, 1.54) is 31.7 Å². The standard InChI is InChI=1S/C14H18ClFO/c15-12-9-11(7-8-13(12)16)14(17)10-5-3-1-2-4-6-10/h7-10,14,17H,1-6H2. The molecule has 1 atom stereocenters. The first-order valence-corrected chi connectivity index (χ1v) is 6.69. The molecule has 0 spiro atoms. The van der Waals surface area contributed by atoms with Gasteiger partial charge in [0.1, 0.15) is 5.82 Å². The van der Waals surface area contributed by atoms with E-state index < -0.39 is 11.9 Å². The van der Waals surface area contributed by atoms with Gasteiger partial charge in [0.05, 0.1) is 11.1 Å². The molecule has 1 aliphatic carbocycles. The Kier molecular flexibility index (Phi) is 4.41. The van der Waals surface area contributed by atoms with Crippen LogP contribution in [0.1, 0.15) is 50.2 Å². The van der Waals surface area contributed by atoms with Crippen LogP contribution in [-0.2, 0) is 0 Å². The highest BCUT2D eigenvalue weighted by Crippen LogP contribution is 2.34. The normalized spacial score (nSPS) is 19.9. The second kappa shape index (κ2) is 5.83. The van der Waals surface area contributed by atoms with Crippen LogP contribution in [0.5, 0.6) is 0 Å². The lowest BCUT2D eigenvalue weighted by Gasteiger charge is -2.21. The van der Waals surface area contributed by atoms with Gasteiger partial charge in [-0.25, -0.2) is 4.39 Å². The maximum Gasteiger partial charge on any atom is 0.141 e. The monoisotopic (exact) mass is 256 g/mol. The van der Waals surface area contributed by atoms with Gasteiger partial charge < -0.3 is 5.11 Å². The number of aliphatic hydroxyl groups excluding tert-OH is 1. The highest BCUT2D eigenvalue weighted by molar-refractivity contribution is 6.30. The Balaban J connectivity index is 2.11. The first-order valence-electron chi connectivity index (χ1n) is 6.31. The lowest BCUT2D eigenvalue weighted by molar-refractivity contribution is 0.0987. The fourth-order valence-electron chi connectivity index (χ4n) is 2.60. The van der Waals surface area contributed by atoms with Crippen LogP contribution in [0, 0.1) is 11.7 Å². The topological polar surface area (TPSA) is 20.2 Å². The predicted molar refractivity (Wildman–Crippen MR) is 67.6 cm³/mol. The molecule has 94 valence electrons. The van der Waals surface area contributed by atoms with Crippen LogP contribution in [0.3, 0.4) is 0 Å². The molecule has 1 N–H and O–H groups in total. The number of rotatable bonds is 2. The van der Waals surface area contributed by atoms with Gasteiger partial charge in [0.2, 0.25) is 0 Å². The fourth-order valence-corrected chi connectivity index (χ4v) is 2.78. The smallest absolute Gasteiger partial charge is 0.141 e. The maximum absolute atomic E-state index is 13.1. The van der Waals surface area contributed by atoms with E-state index in [2.05, 4.69) is 0 Å². The van der Waals surface area contributed by atoms with Crippen LogP contribution in [0.15, 0.2) is 18.2 Å². The summed E-state index contributed by atoms with van der Waals surface area (Å²) >= 11 is 5.74. The van der Waals surface area contributed by atoms with Gasteiger partial charge in [-0.15, -0.1) is 0 Å². The van der Waals surface area contributed by atoms with E-state index in [-0.39, 0.29) is 5.02 Å². The van der Waals surface area contributed by atoms with Crippen molar-refractivity contribution in [3.63, 3.8) is 0 Å². The second-order valence-electron chi connectivity index (χ2n) is 4.87. The molecule has 0 radical (unpaired) electrons. The van der Waals surface area contributed by atoms with Crippen molar-refractivity contribution in [3.8, 4) is 0 Å². The lowest BCUT2D eigenvalue weighted by atomic mass is 9.89. The zero-order valence-electron chi connectivity index (χ0n) is 9.83. The Morgan fingerprint density at radius 2 is 1.82 bits per heavy atom. The Bertz CT molecular complexity index is 372. The van der Waals surface area contributed by atoms with Gasteiger partial charge in [0, 0.05) is 0 Å². The van der Waals surface area contributed by atoms with Gasteiger partial charge in [0.25, 0.3) is 0 Å². The number of hydrogen-bond acceptors (Lipinski definition) is 1. The van der Waals surface area contributed by atoms with Gasteiger partial charge in [0.15, 0.2) is 0 Å². The molecule has 1 aliphatic rings. The molecule has 0 heterocycles. The largest absolute Gasteiger partial charge is 0.388 e. The van der Waals surface area contributed by atoms with Gasteiger partial charge >= 0.3 is 0 Å². The molecule has 0 saturated heterocycles. The van der Waals surface area contributed by atoms with Crippen LogP contribution in [0.25, 0.3) is 0 Å². The van der Waals surface area contributed by atoms with Crippen molar-refractivity contribution in [2.75, 3.05) is 0 Å². The van der Waals surface area contributed by atoms with Crippen LogP contribution >= 0.6 is 11.6 Å². The molecule has 0 amide bonds. The van der Waals surface area contributed by atoms with Crippen molar-refractivity contribution in [2.24, 2.45) is 5.92 Å². The van der Waals surface area contributed by atoms with Crippen LogP contribution < -0.4 is 0 Å². The molecule has 17 heavy (non-hydrogen) atoms. The number of halogens is 2. The third-order valence-electron chi connectivity index (χ3n) is 3.63. The van der Waals surface area contributed by atoms with Crippen molar-refractivity contribution in [1.29, 1.82) is 0 Å². The van der Waals surface area contributed by atoms with E-state index in [0.29, 0.717) is 5.92 Å². The molecular formula is C14H18ClFO. The van der Waals surface area contributed by atoms with E-state index in [9.17, 15) is 9.50 Å². The van der Waals surface area contributed by atoms with E-state index in [4.69, 9.17) is 11.6 Å². The molecule has 0 aromatic heterocycles. The quantitative estimate of drug-likeness (QED) is 0.774. The van der Waals surface area contributed by atoms with E-state index in [0.717, 1.165) is 18.4 Å². The van der Waals surface area contributed by atoms with Gasteiger partial charge in [-0.2, -0.15) is 0 Å². The summed E-state index contributed by atoms with van der Waals surface area (Å²) in [5, 5.41) is 10.4. The minimum Gasteiger partial charge on any atom is -0.388 e. The summed E-state index contributed by atoms with van der Waals surface area (Å²) in [6.07, 6.45) is 6.46. The molecular weight excluding hydrogens is 239 g/mol. The van der Waals surface area contributed by atoms with Crippen molar-refractivity contribution in [2.45, 2.75) is 44.6 Å². The molecule has 1 aromatic carbocycles. The Hall–Kier alpha value is -0.600. The summed E-state index contributed by atoms with van der Waals surface area (Å²) in [5.41, 5.74) is 0.739. The van der Waals surface area contributed by atoms with Crippen molar-refractivity contribution < 1.29 is 9.50 Å². The fraction of sp³-hybridized carbons (Fsp3) is 0.571. The first-order chi connectivity index (χ1) is 8.18. The maximum atomic E-state index is 13.1. The third-order valence-corrected chi connectivity index (χ3v) is 3.92. The molecule has 2 rings (SSSR count). The summed E-state index contributed by atoms with van der Waals surface area (Å²) in [7, 11) is 0. The van der Waals surface area contributed by atoms with Crippen LogP contribution in [0.2, 0.25) is 5.02 Å². The molecule has 3 heteroatoms. The molecule has 1 unspecified atom stereocenters. The highest BCUT2D eigenvalue weighted by atomic mass is 35.5. The second-order valence-corrected chi connectivity index (χ2v) is 5.28. The summed E-state index contributed by atoms with van der Waals surface area (Å²) in [5.74, 6) is -0.137. The molecule has 1 aromatic rings. The summed E-state index contributed by atoms with van der Waals surface area (Å²) in [6, 6.07) is 4.51. The average molecular weight is 257 g/mol. The highest BCUT2D eigenvalue weighted by Gasteiger charge is 2.22. The zero-order chi connectivity index (χ0) is 12.3. The summed E-state index contributed by atoms with van der Waals surface area (Å²) in [6.45, 7) is 0. The molecule has 1 saturated carbocycles. The van der Waals surface area contributed by atoms with Gasteiger partial charge in [-0.3, -0.25) is 0 Å². The van der Waals surface area contributed by atoms with Crippen molar-refractivity contribution in [1.82, 2.24) is 0 Å². The van der Waals surface area contributed by atoms with E-state index >= 15 is 0 Å². The molecule has 1 fully saturated rings. The molecule has 0 aliphatic heterocycles. The number of hydrogen-bond donors (Lipinski definition) is 1. The minimum atomic E-state index is -0.508. The van der Waals surface area contributed by atoms with Crippen LogP contribution in [0.4, 0.5) is 4.39 Å². The Morgan fingerprint density at radius 3 is 2.41 bits per heavy atom. The third kappa shape index (κ3) is 3.20. The van der Waals surface area contributed by atoms with E-state index in [1.807, 2.05) is 0 Å². The van der Waals surface area contributed by atoms with Crippen LogP contribution in [-0.4, -0.2) is 5.11 Å². The van der Waals surface area contributed by atoms with Crippen molar-refractivity contribution >= 4 is 11.6 Å². The average Bonchev–Trinajstić information content (AvgIpc) is 2.60. The van der Waals surface area contributed by atoms with Gasteiger partial charge in [-0.05, 0) is 36.5 Å². The minimum absolute atomic E-state index is 0.0928. The lowest BCUT2D eigenvalue weighted by Crippen LogP contribution is -2.12. The zero-order valence-corrected chi connectivity index (χ0v) is 10.6. The first kappa shape index (κ1) is 12.8. The van der Waals surface area contributed by atoms with Gasteiger partial charge in [-0.1, -0.05) is 43.4 Å². The Labute approximate surface area is 107 Å². The number of benzene rings is 1. The van der Waals surface area contributed by atoms with Crippen molar-refractivity contribution in [3.05, 3.63) is 34.6 Å². The van der Waals surface area contributed by atoms with E-state index in [1.54, 1.807) is 12.1 Å². The predicted octanol–water partition coefficient (Wildman–Crippen LogP) is 4.48. The Morgan fingerprint density at radius 1 is 1.18 bits per heavy atom. The molecule has 0 bridgehead atoms. The number of aliphatic hydroxyl groups is 1.